The van der Waals surface area contributed by atoms with Gasteiger partial charge in [0.15, 0.2) is 0 Å². The molecule has 0 bridgehead atoms. The van der Waals surface area contributed by atoms with Gasteiger partial charge in [0, 0.05) is 39.2 Å². The molecule has 0 aliphatic heterocycles. The van der Waals surface area contributed by atoms with Crippen LogP contribution < -0.4 is 10.6 Å². The van der Waals surface area contributed by atoms with Crippen molar-refractivity contribution in [2.45, 2.75) is 13.0 Å². The van der Waals surface area contributed by atoms with Gasteiger partial charge in [0.2, 0.25) is 0 Å². The molecule has 0 fully saturated rings. The summed E-state index contributed by atoms with van der Waals surface area (Å²) in [6, 6.07) is 3.69. The third kappa shape index (κ3) is 5.10. The zero-order valence-electron chi connectivity index (χ0n) is 12.5. The Balaban J connectivity index is 1.80. The fraction of sp³-hybridized carbons (Fsp3) is 0.333. The Bertz CT molecular complexity index is 574. The van der Waals surface area contributed by atoms with Crippen molar-refractivity contribution in [3.05, 3.63) is 48.2 Å². The number of nitrogens with one attached hydrogen (secondary N) is 2. The van der Waals surface area contributed by atoms with Crippen molar-refractivity contribution in [3.63, 3.8) is 0 Å². The number of carbonyl (C=O) groups excluding carboxylic acids is 1. The summed E-state index contributed by atoms with van der Waals surface area (Å²) in [7, 11) is 1.67. The third-order valence-electron chi connectivity index (χ3n) is 2.92. The van der Waals surface area contributed by atoms with E-state index in [1.165, 1.54) is 6.20 Å². The van der Waals surface area contributed by atoms with Gasteiger partial charge in [-0.1, -0.05) is 0 Å². The van der Waals surface area contributed by atoms with Crippen LogP contribution in [0.4, 0.5) is 5.82 Å². The standard InChI is InChI=1S/C15H19N5O2/c1-22-8-2-5-17-14-11-18-13(10-19-14)15(21)20-9-12-3-6-16-7-4-12/h3-4,6-7,10-11H,2,5,8-9H2,1H3,(H,17,19)(H,20,21). The number of aromatic nitrogens is 3. The maximum Gasteiger partial charge on any atom is 0.271 e. The van der Waals surface area contributed by atoms with Crippen LogP contribution >= 0.6 is 0 Å². The Labute approximate surface area is 129 Å². The molecule has 2 rings (SSSR count). The zero-order chi connectivity index (χ0) is 15.6. The van der Waals surface area contributed by atoms with E-state index in [9.17, 15) is 4.79 Å². The molecule has 7 nitrogen and oxygen atoms in total. The molecule has 0 radical (unpaired) electrons. The highest BCUT2D eigenvalue weighted by Gasteiger charge is 2.07. The Kier molecular flexibility index (Phi) is 6.25. The lowest BCUT2D eigenvalue weighted by molar-refractivity contribution is 0.0945. The maximum atomic E-state index is 12.0. The van der Waals surface area contributed by atoms with Crippen LogP contribution in [0.3, 0.4) is 0 Å². The van der Waals surface area contributed by atoms with Crippen molar-refractivity contribution in [2.24, 2.45) is 0 Å². The van der Waals surface area contributed by atoms with Crippen LogP contribution in [0.2, 0.25) is 0 Å². The first-order valence-electron chi connectivity index (χ1n) is 7.01. The molecule has 1 amide bonds. The fourth-order valence-electron chi connectivity index (χ4n) is 1.74. The number of nitrogens with zero attached hydrogens (tertiary/aromatic N) is 3. The lowest BCUT2D eigenvalue weighted by Gasteiger charge is -2.06. The minimum atomic E-state index is -0.254. The molecular weight excluding hydrogens is 282 g/mol. The van der Waals surface area contributed by atoms with Crippen molar-refractivity contribution in [2.75, 3.05) is 25.6 Å². The predicted molar refractivity (Wildman–Crippen MR) is 82.4 cm³/mol. The minimum Gasteiger partial charge on any atom is -0.385 e. The number of hydrogen-bond acceptors (Lipinski definition) is 6. The Hall–Kier alpha value is -2.54. The number of rotatable bonds is 8. The van der Waals surface area contributed by atoms with E-state index in [-0.39, 0.29) is 11.6 Å². The molecule has 7 heteroatoms. The first-order chi connectivity index (χ1) is 10.8. The van der Waals surface area contributed by atoms with Gasteiger partial charge >= 0.3 is 0 Å². The summed E-state index contributed by atoms with van der Waals surface area (Å²) in [6.45, 7) is 1.87. The highest BCUT2D eigenvalue weighted by molar-refractivity contribution is 5.91. The molecule has 2 N–H and O–H groups in total. The second kappa shape index (κ2) is 8.68. The molecule has 2 aromatic heterocycles. The molecule has 0 spiro atoms. The van der Waals surface area contributed by atoms with Crippen LogP contribution in [0, 0.1) is 0 Å². The molecule has 0 saturated heterocycles. The first-order valence-corrected chi connectivity index (χ1v) is 7.01. The Morgan fingerprint density at radius 2 is 2.05 bits per heavy atom. The quantitative estimate of drug-likeness (QED) is 0.713. The van der Waals surface area contributed by atoms with Gasteiger partial charge in [-0.25, -0.2) is 9.97 Å². The second-order valence-corrected chi connectivity index (χ2v) is 4.60. The van der Waals surface area contributed by atoms with E-state index in [1.807, 2.05) is 12.1 Å². The van der Waals surface area contributed by atoms with Gasteiger partial charge in [-0.05, 0) is 24.1 Å². The van der Waals surface area contributed by atoms with E-state index >= 15 is 0 Å². The summed E-state index contributed by atoms with van der Waals surface area (Å²) in [6.07, 6.45) is 7.26. The normalized spacial score (nSPS) is 10.2. The van der Waals surface area contributed by atoms with Crippen molar-refractivity contribution in [1.29, 1.82) is 0 Å². The van der Waals surface area contributed by atoms with Crippen LogP contribution in [0.1, 0.15) is 22.5 Å². The van der Waals surface area contributed by atoms with Crippen LogP contribution in [0.25, 0.3) is 0 Å². The molecular formula is C15H19N5O2. The van der Waals surface area contributed by atoms with E-state index in [1.54, 1.807) is 25.7 Å². The summed E-state index contributed by atoms with van der Waals surface area (Å²) in [4.78, 5) is 24.2. The number of anilines is 1. The molecule has 0 saturated carbocycles. The highest BCUT2D eigenvalue weighted by atomic mass is 16.5. The van der Waals surface area contributed by atoms with E-state index in [0.717, 1.165) is 18.5 Å². The van der Waals surface area contributed by atoms with Crippen molar-refractivity contribution in [3.8, 4) is 0 Å². The maximum absolute atomic E-state index is 12.0. The van der Waals surface area contributed by atoms with E-state index in [2.05, 4.69) is 25.6 Å². The number of carbonyl (C=O) groups is 1. The van der Waals surface area contributed by atoms with Crippen molar-refractivity contribution < 1.29 is 9.53 Å². The Morgan fingerprint density at radius 1 is 1.23 bits per heavy atom. The Morgan fingerprint density at radius 3 is 2.73 bits per heavy atom. The van der Waals surface area contributed by atoms with Gasteiger partial charge < -0.3 is 15.4 Å². The fourth-order valence-corrected chi connectivity index (χ4v) is 1.74. The molecule has 116 valence electrons. The van der Waals surface area contributed by atoms with Crippen molar-refractivity contribution >= 4 is 11.7 Å². The average molecular weight is 301 g/mol. The molecule has 2 heterocycles. The lowest BCUT2D eigenvalue weighted by atomic mass is 10.2. The van der Waals surface area contributed by atoms with Gasteiger partial charge in [-0.15, -0.1) is 0 Å². The van der Waals surface area contributed by atoms with Gasteiger partial charge in [-0.2, -0.15) is 0 Å². The lowest BCUT2D eigenvalue weighted by Crippen LogP contribution is -2.24. The number of ether oxygens (including phenoxy) is 1. The summed E-state index contributed by atoms with van der Waals surface area (Å²) >= 11 is 0. The van der Waals surface area contributed by atoms with Crippen LogP contribution in [0.5, 0.6) is 0 Å². The number of pyridine rings is 1. The molecule has 0 unspecified atom stereocenters. The van der Waals surface area contributed by atoms with E-state index in [4.69, 9.17) is 4.74 Å². The summed E-state index contributed by atoms with van der Waals surface area (Å²) < 4.78 is 4.96. The predicted octanol–water partition coefficient (Wildman–Crippen LogP) is 1.25. The summed E-state index contributed by atoms with van der Waals surface area (Å²) in [5.41, 5.74) is 1.27. The van der Waals surface area contributed by atoms with Crippen LogP contribution in [-0.4, -0.2) is 41.1 Å². The molecule has 2 aromatic rings. The molecule has 0 aliphatic rings. The van der Waals surface area contributed by atoms with Gasteiger partial charge in [0.25, 0.3) is 5.91 Å². The van der Waals surface area contributed by atoms with E-state index in [0.29, 0.717) is 19.0 Å². The summed E-state index contributed by atoms with van der Waals surface area (Å²) in [5.74, 6) is 0.386. The highest BCUT2D eigenvalue weighted by Crippen LogP contribution is 2.02. The second-order valence-electron chi connectivity index (χ2n) is 4.60. The van der Waals surface area contributed by atoms with Crippen molar-refractivity contribution in [1.82, 2.24) is 20.3 Å². The molecule has 22 heavy (non-hydrogen) atoms. The third-order valence-corrected chi connectivity index (χ3v) is 2.92. The number of amides is 1. The summed E-state index contributed by atoms with van der Waals surface area (Å²) in [5, 5.41) is 5.90. The smallest absolute Gasteiger partial charge is 0.271 e. The van der Waals surface area contributed by atoms with Gasteiger partial charge in [0.1, 0.15) is 11.5 Å². The van der Waals surface area contributed by atoms with Gasteiger partial charge in [-0.3, -0.25) is 9.78 Å². The molecule has 0 aromatic carbocycles. The SMILES string of the molecule is COCCCNc1cnc(C(=O)NCc2ccncc2)cn1. The molecule has 0 atom stereocenters. The topological polar surface area (TPSA) is 89.0 Å². The largest absolute Gasteiger partial charge is 0.385 e. The van der Waals surface area contributed by atoms with Crippen LogP contribution in [-0.2, 0) is 11.3 Å². The molecule has 0 aliphatic carbocycles. The number of methoxy groups -OCH3 is 1. The monoisotopic (exact) mass is 301 g/mol. The van der Waals surface area contributed by atoms with Gasteiger partial charge in [0.05, 0.1) is 12.4 Å². The van der Waals surface area contributed by atoms with E-state index < -0.39 is 0 Å². The zero-order valence-corrected chi connectivity index (χ0v) is 12.5. The first kappa shape index (κ1) is 15.8. The van der Waals surface area contributed by atoms with Crippen LogP contribution in [0.15, 0.2) is 36.9 Å². The minimum absolute atomic E-state index is 0.254. The number of hydrogen-bond donors (Lipinski definition) is 2. The average Bonchev–Trinajstić information content (AvgIpc) is 2.58.